The molecule has 1 aromatic heterocycles. The fourth-order valence-corrected chi connectivity index (χ4v) is 2.27. The van der Waals surface area contributed by atoms with Crippen LogP contribution in [0.15, 0.2) is 30.3 Å². The van der Waals surface area contributed by atoms with Gasteiger partial charge in [-0.15, -0.1) is 0 Å². The number of nitrogens with zero attached hydrogens (tertiary/aromatic N) is 1. The largest absolute Gasteiger partial charge is 0.382 e. The number of rotatable bonds is 8. The summed E-state index contributed by atoms with van der Waals surface area (Å²) in [7, 11) is 1.68. The van der Waals surface area contributed by atoms with Gasteiger partial charge in [-0.3, -0.25) is 0 Å². The van der Waals surface area contributed by atoms with Gasteiger partial charge in [0.2, 0.25) is 0 Å². The van der Waals surface area contributed by atoms with Crippen molar-refractivity contribution in [1.82, 2.24) is 4.57 Å². The molecule has 104 valence electrons. The molecule has 0 saturated carbocycles. The van der Waals surface area contributed by atoms with E-state index in [1.807, 2.05) is 0 Å². The Morgan fingerprint density at radius 2 is 2.00 bits per heavy atom. The van der Waals surface area contributed by atoms with Crippen LogP contribution in [-0.4, -0.2) is 31.5 Å². The normalized spacial score (nSPS) is 11.3. The van der Waals surface area contributed by atoms with E-state index < -0.39 is 0 Å². The maximum atomic E-state index is 5.82. The summed E-state index contributed by atoms with van der Waals surface area (Å²) in [5.74, 6) is 0. The molecule has 0 saturated heterocycles. The summed E-state index contributed by atoms with van der Waals surface area (Å²) in [5.41, 5.74) is 8.24. The number of benzene rings is 1. The highest BCUT2D eigenvalue weighted by atomic mass is 16.5. The molecule has 4 nitrogen and oxygen atoms in total. The molecule has 4 heteroatoms. The number of ether oxygens (including phenoxy) is 2. The minimum absolute atomic E-state index is 0.569. The van der Waals surface area contributed by atoms with E-state index in [-0.39, 0.29) is 0 Å². The minimum atomic E-state index is 0.569. The molecule has 2 rings (SSSR count). The molecule has 2 aromatic rings. The quantitative estimate of drug-likeness (QED) is 0.742. The number of para-hydroxylation sites is 1. The Morgan fingerprint density at radius 3 is 2.79 bits per heavy atom. The van der Waals surface area contributed by atoms with E-state index in [1.54, 1.807) is 7.11 Å². The third-order valence-electron chi connectivity index (χ3n) is 3.21. The fraction of sp³-hybridized carbons (Fsp3) is 0.467. The van der Waals surface area contributed by atoms with Crippen molar-refractivity contribution < 1.29 is 9.47 Å². The second-order valence-electron chi connectivity index (χ2n) is 4.51. The van der Waals surface area contributed by atoms with Gasteiger partial charge in [0, 0.05) is 38.0 Å². The summed E-state index contributed by atoms with van der Waals surface area (Å²) in [4.78, 5) is 0. The lowest BCUT2D eigenvalue weighted by Gasteiger charge is -2.10. The Kier molecular flexibility index (Phi) is 5.39. The standard InChI is InChI=1S/C15H22N2O2/c1-18-9-10-19-8-4-7-17-14(12-16)11-13-5-2-3-6-15(13)17/h2-3,5-6,11H,4,7-10,12,16H2,1H3. The molecule has 19 heavy (non-hydrogen) atoms. The number of aryl methyl sites for hydroxylation is 1. The monoisotopic (exact) mass is 262 g/mol. The third-order valence-corrected chi connectivity index (χ3v) is 3.21. The van der Waals surface area contributed by atoms with E-state index in [4.69, 9.17) is 15.2 Å². The second-order valence-corrected chi connectivity index (χ2v) is 4.51. The Balaban J connectivity index is 1.95. The predicted molar refractivity (Wildman–Crippen MR) is 77.1 cm³/mol. The molecule has 2 N–H and O–H groups in total. The molecule has 0 unspecified atom stereocenters. The van der Waals surface area contributed by atoms with Crippen LogP contribution in [0.4, 0.5) is 0 Å². The molecule has 0 aliphatic rings. The number of hydrogen-bond donors (Lipinski definition) is 1. The first-order valence-electron chi connectivity index (χ1n) is 6.70. The number of fused-ring (bicyclic) bond motifs is 1. The second kappa shape index (κ2) is 7.28. The molecule has 0 radical (unpaired) electrons. The highest BCUT2D eigenvalue weighted by Crippen LogP contribution is 2.19. The van der Waals surface area contributed by atoms with E-state index in [1.165, 1.54) is 16.6 Å². The van der Waals surface area contributed by atoms with Gasteiger partial charge < -0.3 is 19.8 Å². The molecular weight excluding hydrogens is 240 g/mol. The predicted octanol–water partition coefficient (Wildman–Crippen LogP) is 2.15. The van der Waals surface area contributed by atoms with Crippen molar-refractivity contribution in [1.29, 1.82) is 0 Å². The Morgan fingerprint density at radius 1 is 1.16 bits per heavy atom. The number of methoxy groups -OCH3 is 1. The molecule has 0 aliphatic carbocycles. The van der Waals surface area contributed by atoms with Crippen molar-refractivity contribution in [3.63, 3.8) is 0 Å². The van der Waals surface area contributed by atoms with Gasteiger partial charge in [-0.2, -0.15) is 0 Å². The van der Waals surface area contributed by atoms with Crippen molar-refractivity contribution in [2.24, 2.45) is 5.73 Å². The molecule has 0 fully saturated rings. The van der Waals surface area contributed by atoms with Crippen molar-refractivity contribution >= 4 is 10.9 Å². The van der Waals surface area contributed by atoms with Gasteiger partial charge in [-0.05, 0) is 23.9 Å². The maximum Gasteiger partial charge on any atom is 0.0700 e. The lowest BCUT2D eigenvalue weighted by atomic mass is 10.2. The Labute approximate surface area is 114 Å². The van der Waals surface area contributed by atoms with Crippen LogP contribution in [0.2, 0.25) is 0 Å². The average Bonchev–Trinajstić information content (AvgIpc) is 2.81. The van der Waals surface area contributed by atoms with Gasteiger partial charge in [0.05, 0.1) is 13.2 Å². The first-order valence-corrected chi connectivity index (χ1v) is 6.70. The maximum absolute atomic E-state index is 5.82. The van der Waals surface area contributed by atoms with Crippen LogP contribution >= 0.6 is 0 Å². The van der Waals surface area contributed by atoms with Gasteiger partial charge in [0.25, 0.3) is 0 Å². The fourth-order valence-electron chi connectivity index (χ4n) is 2.27. The van der Waals surface area contributed by atoms with Gasteiger partial charge >= 0.3 is 0 Å². The van der Waals surface area contributed by atoms with Crippen LogP contribution in [0, 0.1) is 0 Å². The summed E-state index contributed by atoms with van der Waals surface area (Å²) >= 11 is 0. The summed E-state index contributed by atoms with van der Waals surface area (Å²) < 4.78 is 12.7. The smallest absolute Gasteiger partial charge is 0.0700 e. The SMILES string of the molecule is COCCOCCCn1c(CN)cc2ccccc21. The molecule has 0 amide bonds. The number of hydrogen-bond acceptors (Lipinski definition) is 3. The summed E-state index contributed by atoms with van der Waals surface area (Å²) in [6, 6.07) is 10.6. The van der Waals surface area contributed by atoms with Gasteiger partial charge in [-0.25, -0.2) is 0 Å². The lowest BCUT2D eigenvalue weighted by molar-refractivity contribution is 0.0681. The van der Waals surface area contributed by atoms with Gasteiger partial charge in [-0.1, -0.05) is 18.2 Å². The molecule has 0 bridgehead atoms. The summed E-state index contributed by atoms with van der Waals surface area (Å²) in [6.07, 6.45) is 0.982. The molecule has 0 aliphatic heterocycles. The third kappa shape index (κ3) is 3.56. The Bertz CT molecular complexity index is 508. The average molecular weight is 262 g/mol. The highest BCUT2D eigenvalue weighted by Gasteiger charge is 2.06. The van der Waals surface area contributed by atoms with E-state index >= 15 is 0 Å². The van der Waals surface area contributed by atoms with Crippen molar-refractivity contribution in [3.05, 3.63) is 36.0 Å². The van der Waals surface area contributed by atoms with Crippen molar-refractivity contribution in [2.45, 2.75) is 19.5 Å². The molecule has 0 atom stereocenters. The molecular formula is C15H22N2O2. The first-order chi connectivity index (χ1) is 9.36. The lowest BCUT2D eigenvalue weighted by Crippen LogP contribution is -2.10. The van der Waals surface area contributed by atoms with Gasteiger partial charge in [0.15, 0.2) is 0 Å². The first kappa shape index (κ1) is 14.1. The zero-order chi connectivity index (χ0) is 13.5. The minimum Gasteiger partial charge on any atom is -0.382 e. The van der Waals surface area contributed by atoms with Crippen LogP contribution in [0.5, 0.6) is 0 Å². The van der Waals surface area contributed by atoms with Crippen LogP contribution in [0.25, 0.3) is 10.9 Å². The van der Waals surface area contributed by atoms with Crippen molar-refractivity contribution in [3.8, 4) is 0 Å². The zero-order valence-electron chi connectivity index (χ0n) is 11.5. The molecule has 0 spiro atoms. The van der Waals surface area contributed by atoms with Gasteiger partial charge in [0.1, 0.15) is 0 Å². The Hall–Kier alpha value is -1.36. The van der Waals surface area contributed by atoms with E-state index in [0.717, 1.165) is 19.6 Å². The topological polar surface area (TPSA) is 49.4 Å². The van der Waals surface area contributed by atoms with E-state index in [9.17, 15) is 0 Å². The molecule has 1 heterocycles. The van der Waals surface area contributed by atoms with Crippen LogP contribution < -0.4 is 5.73 Å². The van der Waals surface area contributed by atoms with Crippen molar-refractivity contribution in [2.75, 3.05) is 26.9 Å². The number of nitrogens with two attached hydrogens (primary N) is 1. The number of aromatic nitrogens is 1. The highest BCUT2D eigenvalue weighted by molar-refractivity contribution is 5.81. The summed E-state index contributed by atoms with van der Waals surface area (Å²) in [6.45, 7) is 3.57. The molecule has 1 aromatic carbocycles. The van der Waals surface area contributed by atoms with Crippen LogP contribution in [-0.2, 0) is 22.6 Å². The summed E-state index contributed by atoms with van der Waals surface area (Å²) in [5, 5.41) is 1.25. The van der Waals surface area contributed by atoms with Crippen LogP contribution in [0.3, 0.4) is 0 Å². The van der Waals surface area contributed by atoms with E-state index in [0.29, 0.717) is 19.8 Å². The van der Waals surface area contributed by atoms with Crippen LogP contribution in [0.1, 0.15) is 12.1 Å². The zero-order valence-corrected chi connectivity index (χ0v) is 11.5. The van der Waals surface area contributed by atoms with E-state index in [2.05, 4.69) is 34.9 Å².